The molecule has 0 spiro atoms. The van der Waals surface area contributed by atoms with Crippen molar-refractivity contribution in [3.8, 4) is 11.5 Å². The Hall–Kier alpha value is -3.28. The lowest BCUT2D eigenvalue weighted by Gasteiger charge is -2.06. The first-order chi connectivity index (χ1) is 12.0. The second-order valence-corrected chi connectivity index (χ2v) is 5.37. The van der Waals surface area contributed by atoms with Crippen LogP contribution >= 0.6 is 0 Å². The highest BCUT2D eigenvalue weighted by Gasteiger charge is 2.04. The molecular weight excluding hydrogens is 320 g/mol. The van der Waals surface area contributed by atoms with Gasteiger partial charge >= 0.3 is 0 Å². The van der Waals surface area contributed by atoms with E-state index in [9.17, 15) is 19.8 Å². The van der Waals surface area contributed by atoms with Crippen LogP contribution < -0.4 is 10.6 Å². The fourth-order valence-corrected chi connectivity index (χ4v) is 2.03. The third-order valence-corrected chi connectivity index (χ3v) is 3.39. The minimum Gasteiger partial charge on any atom is -0.508 e. The van der Waals surface area contributed by atoms with Crippen LogP contribution in [0.5, 0.6) is 11.5 Å². The Balaban J connectivity index is 1.63. The Morgan fingerprint density at radius 1 is 0.840 bits per heavy atom. The molecule has 2 amide bonds. The van der Waals surface area contributed by atoms with E-state index in [1.54, 1.807) is 42.5 Å². The largest absolute Gasteiger partial charge is 0.508 e. The van der Waals surface area contributed by atoms with Gasteiger partial charge in [-0.1, -0.05) is 12.1 Å². The first-order valence-corrected chi connectivity index (χ1v) is 7.87. The number of phenolic OH excluding ortho intramolecular Hbond substituents is 2. The first kappa shape index (κ1) is 18.1. The number of phenols is 2. The zero-order valence-corrected chi connectivity index (χ0v) is 13.6. The van der Waals surface area contributed by atoms with Crippen molar-refractivity contribution >= 4 is 17.9 Å². The van der Waals surface area contributed by atoms with Crippen molar-refractivity contribution < 1.29 is 19.8 Å². The molecule has 4 N–H and O–H groups in total. The SMILES string of the molecule is O=C(/C=C/c1ccc(O)cc1)NCCCNC(=O)c1ccc(O)cc1. The normalized spacial score (nSPS) is 10.6. The van der Waals surface area contributed by atoms with Gasteiger partial charge in [0.15, 0.2) is 0 Å². The molecule has 0 saturated heterocycles. The summed E-state index contributed by atoms with van der Waals surface area (Å²) in [4.78, 5) is 23.5. The van der Waals surface area contributed by atoms with Gasteiger partial charge in [0.1, 0.15) is 11.5 Å². The summed E-state index contributed by atoms with van der Waals surface area (Å²) in [5.41, 5.74) is 1.28. The van der Waals surface area contributed by atoms with Gasteiger partial charge in [-0.15, -0.1) is 0 Å². The topological polar surface area (TPSA) is 98.7 Å². The third kappa shape index (κ3) is 6.39. The molecular formula is C19H20N2O4. The monoisotopic (exact) mass is 340 g/mol. The van der Waals surface area contributed by atoms with Crippen LogP contribution in [0.2, 0.25) is 0 Å². The van der Waals surface area contributed by atoms with Crippen LogP contribution in [0, 0.1) is 0 Å². The Morgan fingerprint density at radius 3 is 2.04 bits per heavy atom. The summed E-state index contributed by atoms with van der Waals surface area (Å²) in [5, 5.41) is 23.8. The lowest BCUT2D eigenvalue weighted by Crippen LogP contribution is -2.29. The summed E-state index contributed by atoms with van der Waals surface area (Å²) in [6.07, 6.45) is 3.67. The van der Waals surface area contributed by atoms with E-state index in [-0.39, 0.29) is 23.3 Å². The highest BCUT2D eigenvalue weighted by molar-refractivity contribution is 5.94. The van der Waals surface area contributed by atoms with E-state index in [1.807, 2.05) is 0 Å². The number of rotatable bonds is 7. The van der Waals surface area contributed by atoms with Crippen molar-refractivity contribution in [1.29, 1.82) is 0 Å². The van der Waals surface area contributed by atoms with Gasteiger partial charge in [0, 0.05) is 24.7 Å². The van der Waals surface area contributed by atoms with Crippen molar-refractivity contribution in [3.63, 3.8) is 0 Å². The van der Waals surface area contributed by atoms with Crippen LogP contribution in [0.1, 0.15) is 22.3 Å². The second-order valence-electron chi connectivity index (χ2n) is 5.37. The lowest BCUT2D eigenvalue weighted by molar-refractivity contribution is -0.116. The molecule has 0 unspecified atom stereocenters. The fourth-order valence-electron chi connectivity index (χ4n) is 2.03. The molecule has 130 valence electrons. The summed E-state index contributed by atoms with van der Waals surface area (Å²) in [5.74, 6) is -0.160. The minimum atomic E-state index is -0.224. The average Bonchev–Trinajstić information content (AvgIpc) is 2.61. The fraction of sp³-hybridized carbons (Fsp3) is 0.158. The standard InChI is InChI=1S/C19H20N2O4/c22-16-7-2-14(3-8-16)4-11-18(24)20-12-1-13-21-19(25)15-5-9-17(23)10-6-15/h2-11,22-23H,1,12-13H2,(H,20,24)(H,21,25)/b11-4+. The first-order valence-electron chi connectivity index (χ1n) is 7.87. The van der Waals surface area contributed by atoms with Crippen molar-refractivity contribution in [2.75, 3.05) is 13.1 Å². The summed E-state index contributed by atoms with van der Waals surface area (Å²) in [6, 6.07) is 12.5. The van der Waals surface area contributed by atoms with E-state index in [0.717, 1.165) is 5.56 Å². The highest BCUT2D eigenvalue weighted by atomic mass is 16.3. The number of amides is 2. The lowest BCUT2D eigenvalue weighted by atomic mass is 10.2. The van der Waals surface area contributed by atoms with Gasteiger partial charge in [0.25, 0.3) is 5.91 Å². The van der Waals surface area contributed by atoms with Gasteiger partial charge in [0.2, 0.25) is 5.91 Å². The number of carbonyl (C=O) groups excluding carboxylic acids is 2. The van der Waals surface area contributed by atoms with Crippen molar-refractivity contribution in [1.82, 2.24) is 10.6 Å². The van der Waals surface area contributed by atoms with Crippen LogP contribution in [-0.4, -0.2) is 35.1 Å². The zero-order valence-electron chi connectivity index (χ0n) is 13.6. The summed E-state index contributed by atoms with van der Waals surface area (Å²) >= 11 is 0. The van der Waals surface area contributed by atoms with Crippen LogP contribution in [-0.2, 0) is 4.79 Å². The molecule has 0 bridgehead atoms. The molecule has 0 aliphatic heterocycles. The van der Waals surface area contributed by atoms with Gasteiger partial charge < -0.3 is 20.8 Å². The molecule has 0 atom stereocenters. The van der Waals surface area contributed by atoms with E-state index < -0.39 is 0 Å². The molecule has 2 aromatic carbocycles. The van der Waals surface area contributed by atoms with E-state index in [2.05, 4.69) is 10.6 Å². The number of aromatic hydroxyl groups is 2. The van der Waals surface area contributed by atoms with Crippen molar-refractivity contribution in [2.24, 2.45) is 0 Å². The molecule has 0 aliphatic rings. The molecule has 6 nitrogen and oxygen atoms in total. The maximum atomic E-state index is 11.8. The van der Waals surface area contributed by atoms with E-state index >= 15 is 0 Å². The number of carbonyl (C=O) groups is 2. The molecule has 0 aromatic heterocycles. The van der Waals surface area contributed by atoms with Crippen LogP contribution in [0.25, 0.3) is 6.08 Å². The van der Waals surface area contributed by atoms with Gasteiger partial charge in [-0.2, -0.15) is 0 Å². The van der Waals surface area contributed by atoms with Gasteiger partial charge in [-0.05, 0) is 54.5 Å². The Bertz CT molecular complexity index is 737. The Morgan fingerprint density at radius 2 is 1.40 bits per heavy atom. The number of hydrogen-bond donors (Lipinski definition) is 4. The third-order valence-electron chi connectivity index (χ3n) is 3.39. The predicted molar refractivity (Wildman–Crippen MR) is 95.2 cm³/mol. The van der Waals surface area contributed by atoms with Gasteiger partial charge in [-0.25, -0.2) is 0 Å². The molecule has 0 heterocycles. The van der Waals surface area contributed by atoms with E-state index in [4.69, 9.17) is 0 Å². The number of benzene rings is 2. The van der Waals surface area contributed by atoms with Crippen molar-refractivity contribution in [2.45, 2.75) is 6.42 Å². The molecule has 0 saturated carbocycles. The maximum Gasteiger partial charge on any atom is 0.251 e. The molecule has 6 heteroatoms. The minimum absolute atomic E-state index is 0.111. The maximum absolute atomic E-state index is 11.8. The van der Waals surface area contributed by atoms with Crippen LogP contribution in [0.4, 0.5) is 0 Å². The molecule has 0 aliphatic carbocycles. The number of nitrogens with one attached hydrogen (secondary N) is 2. The van der Waals surface area contributed by atoms with Crippen LogP contribution in [0.3, 0.4) is 0 Å². The molecule has 2 aromatic rings. The molecule has 25 heavy (non-hydrogen) atoms. The predicted octanol–water partition coefficient (Wildman–Crippen LogP) is 2.05. The molecule has 0 radical (unpaired) electrons. The summed E-state index contributed by atoms with van der Waals surface area (Å²) in [6.45, 7) is 0.871. The molecule has 0 fully saturated rings. The van der Waals surface area contributed by atoms with E-state index in [1.165, 1.54) is 18.2 Å². The smallest absolute Gasteiger partial charge is 0.251 e. The molecule has 2 rings (SSSR count). The Labute approximate surface area is 145 Å². The van der Waals surface area contributed by atoms with Gasteiger partial charge in [0.05, 0.1) is 0 Å². The van der Waals surface area contributed by atoms with Crippen LogP contribution in [0.15, 0.2) is 54.6 Å². The number of hydrogen-bond acceptors (Lipinski definition) is 4. The van der Waals surface area contributed by atoms with Gasteiger partial charge in [-0.3, -0.25) is 9.59 Å². The second kappa shape index (κ2) is 9.12. The summed E-state index contributed by atoms with van der Waals surface area (Å²) < 4.78 is 0. The Kier molecular flexibility index (Phi) is 6.59. The summed E-state index contributed by atoms with van der Waals surface area (Å²) in [7, 11) is 0. The average molecular weight is 340 g/mol. The van der Waals surface area contributed by atoms with Crippen molar-refractivity contribution in [3.05, 3.63) is 65.7 Å². The quantitative estimate of drug-likeness (QED) is 0.458. The van der Waals surface area contributed by atoms with E-state index in [0.29, 0.717) is 25.1 Å². The highest BCUT2D eigenvalue weighted by Crippen LogP contribution is 2.10. The zero-order chi connectivity index (χ0) is 18.1.